The number of carbonyl (C=O) groups is 2. The summed E-state index contributed by atoms with van der Waals surface area (Å²) in [5.41, 5.74) is 1.31. The minimum absolute atomic E-state index is 0.110. The predicted octanol–water partition coefficient (Wildman–Crippen LogP) is 2.91. The maximum absolute atomic E-state index is 12.4. The van der Waals surface area contributed by atoms with Gasteiger partial charge in [-0.15, -0.1) is 0 Å². The third-order valence-corrected chi connectivity index (χ3v) is 3.00. The van der Waals surface area contributed by atoms with Crippen LogP contribution in [0.4, 0.5) is 11.4 Å². The van der Waals surface area contributed by atoms with Gasteiger partial charge in [0, 0.05) is 11.4 Å². The van der Waals surface area contributed by atoms with E-state index in [9.17, 15) is 9.59 Å². The van der Waals surface area contributed by atoms with Crippen LogP contribution in [0.5, 0.6) is 0 Å². The molecule has 1 N–H and O–H groups in total. The SMILES string of the molecule is CB(C)N(C(=O)C(=O)Nc1ccccc1)c1ccccc1. The van der Waals surface area contributed by atoms with Gasteiger partial charge in [0.25, 0.3) is 6.85 Å². The lowest BCUT2D eigenvalue weighted by Crippen LogP contribution is -2.46. The van der Waals surface area contributed by atoms with Crippen molar-refractivity contribution in [2.24, 2.45) is 0 Å². The summed E-state index contributed by atoms with van der Waals surface area (Å²) in [5.74, 6) is -1.21. The molecule has 0 saturated carbocycles. The molecule has 2 aromatic rings. The van der Waals surface area contributed by atoms with Crippen LogP contribution in [-0.2, 0) is 9.59 Å². The lowest BCUT2D eigenvalue weighted by molar-refractivity contribution is -0.133. The number of hydrogen-bond acceptors (Lipinski definition) is 2. The molecular weight excluding hydrogens is 263 g/mol. The Balaban J connectivity index is 2.17. The first kappa shape index (κ1) is 14.8. The van der Waals surface area contributed by atoms with Crippen molar-refractivity contribution in [3.8, 4) is 0 Å². The molecule has 0 radical (unpaired) electrons. The molecular formula is C16H17BN2O2. The maximum atomic E-state index is 12.4. The van der Waals surface area contributed by atoms with Crippen LogP contribution in [0.15, 0.2) is 60.7 Å². The second kappa shape index (κ2) is 6.75. The molecule has 0 heterocycles. The number of nitrogens with one attached hydrogen (secondary N) is 1. The fraction of sp³-hybridized carbons (Fsp3) is 0.125. The zero-order chi connectivity index (χ0) is 15.2. The van der Waals surface area contributed by atoms with E-state index < -0.39 is 11.8 Å². The lowest BCUT2D eigenvalue weighted by Gasteiger charge is -2.24. The minimum Gasteiger partial charge on any atom is -0.350 e. The molecule has 0 fully saturated rings. The van der Waals surface area contributed by atoms with Crippen molar-refractivity contribution in [1.82, 2.24) is 0 Å². The van der Waals surface area contributed by atoms with E-state index in [1.807, 2.05) is 50.0 Å². The zero-order valence-electron chi connectivity index (χ0n) is 12.1. The molecule has 0 saturated heterocycles. The highest BCUT2D eigenvalue weighted by Crippen LogP contribution is 2.16. The third-order valence-electron chi connectivity index (χ3n) is 3.00. The summed E-state index contributed by atoms with van der Waals surface area (Å²) < 4.78 is 0. The van der Waals surface area contributed by atoms with Gasteiger partial charge in [-0.05, 0) is 24.3 Å². The maximum Gasteiger partial charge on any atom is 0.313 e. The van der Waals surface area contributed by atoms with Gasteiger partial charge in [-0.2, -0.15) is 0 Å². The molecule has 106 valence electrons. The van der Waals surface area contributed by atoms with E-state index in [2.05, 4.69) is 5.32 Å². The van der Waals surface area contributed by atoms with Gasteiger partial charge in [-0.1, -0.05) is 50.0 Å². The van der Waals surface area contributed by atoms with Gasteiger partial charge in [0.2, 0.25) is 0 Å². The first-order valence-corrected chi connectivity index (χ1v) is 6.84. The number of carbonyl (C=O) groups excluding carboxylic acids is 2. The number of hydrogen-bond donors (Lipinski definition) is 1. The van der Waals surface area contributed by atoms with Crippen molar-refractivity contribution >= 4 is 30.0 Å². The number of anilines is 2. The summed E-state index contributed by atoms with van der Waals surface area (Å²) in [6.07, 6.45) is 0. The summed E-state index contributed by atoms with van der Waals surface area (Å²) in [4.78, 5) is 26.0. The third kappa shape index (κ3) is 3.72. The summed E-state index contributed by atoms with van der Waals surface area (Å²) in [6.45, 7) is 3.64. The molecule has 0 spiro atoms. The van der Waals surface area contributed by atoms with Crippen LogP contribution >= 0.6 is 0 Å². The monoisotopic (exact) mass is 280 g/mol. The smallest absolute Gasteiger partial charge is 0.313 e. The minimum atomic E-state index is -0.640. The Kier molecular flexibility index (Phi) is 4.77. The highest BCUT2D eigenvalue weighted by molar-refractivity contribution is 6.70. The highest BCUT2D eigenvalue weighted by Gasteiger charge is 2.26. The molecule has 0 atom stereocenters. The largest absolute Gasteiger partial charge is 0.350 e. The fourth-order valence-corrected chi connectivity index (χ4v) is 2.05. The van der Waals surface area contributed by atoms with Gasteiger partial charge in [0.1, 0.15) is 0 Å². The second-order valence-electron chi connectivity index (χ2n) is 4.92. The molecule has 0 unspecified atom stereocenters. The summed E-state index contributed by atoms with van der Waals surface area (Å²) in [7, 11) is 0. The standard InChI is InChI=1S/C16H17BN2O2/c1-17(2)19(14-11-7-4-8-12-14)16(21)15(20)18-13-9-5-3-6-10-13/h3-12H,1-2H3,(H,18,20). The van der Waals surface area contributed by atoms with Gasteiger partial charge in [0.05, 0.1) is 0 Å². The van der Waals surface area contributed by atoms with E-state index in [1.165, 1.54) is 4.81 Å². The molecule has 0 aromatic heterocycles. The van der Waals surface area contributed by atoms with Crippen molar-refractivity contribution in [3.63, 3.8) is 0 Å². The van der Waals surface area contributed by atoms with Crippen LogP contribution in [0.25, 0.3) is 0 Å². The van der Waals surface area contributed by atoms with Crippen LogP contribution in [-0.4, -0.2) is 18.7 Å². The van der Waals surface area contributed by atoms with Crippen molar-refractivity contribution in [2.75, 3.05) is 10.1 Å². The average molecular weight is 280 g/mol. The Hall–Kier alpha value is -2.56. The van der Waals surface area contributed by atoms with Gasteiger partial charge < -0.3 is 10.1 Å². The highest BCUT2D eigenvalue weighted by atomic mass is 16.2. The molecule has 2 rings (SSSR count). The normalized spacial score (nSPS) is 9.81. The van der Waals surface area contributed by atoms with Crippen molar-refractivity contribution in [2.45, 2.75) is 13.6 Å². The van der Waals surface area contributed by atoms with Crippen LogP contribution in [0.1, 0.15) is 0 Å². The van der Waals surface area contributed by atoms with Crippen molar-refractivity contribution in [1.29, 1.82) is 0 Å². The van der Waals surface area contributed by atoms with E-state index in [-0.39, 0.29) is 6.85 Å². The Labute approximate surface area is 124 Å². The number of amides is 2. The summed E-state index contributed by atoms with van der Waals surface area (Å²) in [5, 5.41) is 2.62. The molecule has 21 heavy (non-hydrogen) atoms. The first-order chi connectivity index (χ1) is 10.1. The van der Waals surface area contributed by atoms with Crippen molar-refractivity contribution in [3.05, 3.63) is 60.7 Å². The van der Waals surface area contributed by atoms with Gasteiger partial charge >= 0.3 is 11.8 Å². The molecule has 0 aliphatic rings. The van der Waals surface area contributed by atoms with Crippen LogP contribution in [0.2, 0.25) is 13.6 Å². The Bertz CT molecular complexity index is 615. The van der Waals surface area contributed by atoms with E-state index in [0.717, 1.165) is 0 Å². The van der Waals surface area contributed by atoms with Gasteiger partial charge in [-0.3, -0.25) is 9.59 Å². The number of para-hydroxylation sites is 2. The Morgan fingerprint density at radius 3 is 1.95 bits per heavy atom. The lowest BCUT2D eigenvalue weighted by atomic mass is 9.65. The molecule has 0 bridgehead atoms. The number of nitrogens with zero attached hydrogens (tertiary/aromatic N) is 1. The van der Waals surface area contributed by atoms with E-state index >= 15 is 0 Å². The molecule has 2 amide bonds. The predicted molar refractivity (Wildman–Crippen MR) is 86.5 cm³/mol. The Morgan fingerprint density at radius 1 is 0.905 bits per heavy atom. The second-order valence-corrected chi connectivity index (χ2v) is 4.92. The van der Waals surface area contributed by atoms with Crippen molar-refractivity contribution < 1.29 is 9.59 Å². The van der Waals surface area contributed by atoms with E-state index in [1.54, 1.807) is 24.3 Å². The molecule has 4 nitrogen and oxygen atoms in total. The molecule has 0 aliphatic carbocycles. The molecule has 0 aliphatic heterocycles. The molecule has 2 aromatic carbocycles. The average Bonchev–Trinajstić information content (AvgIpc) is 2.49. The fourth-order valence-electron chi connectivity index (χ4n) is 2.05. The Morgan fingerprint density at radius 2 is 1.43 bits per heavy atom. The number of benzene rings is 2. The zero-order valence-corrected chi connectivity index (χ0v) is 12.1. The van der Waals surface area contributed by atoms with Gasteiger partial charge in [-0.25, -0.2) is 0 Å². The summed E-state index contributed by atoms with van der Waals surface area (Å²) in [6, 6.07) is 18.1. The number of rotatable bonds is 3. The van der Waals surface area contributed by atoms with Crippen LogP contribution in [0, 0.1) is 0 Å². The van der Waals surface area contributed by atoms with E-state index in [0.29, 0.717) is 11.4 Å². The molecule has 5 heteroatoms. The topological polar surface area (TPSA) is 49.4 Å². The summed E-state index contributed by atoms with van der Waals surface area (Å²) >= 11 is 0. The van der Waals surface area contributed by atoms with Crippen LogP contribution in [0.3, 0.4) is 0 Å². The first-order valence-electron chi connectivity index (χ1n) is 6.84. The van der Waals surface area contributed by atoms with Gasteiger partial charge in [0.15, 0.2) is 0 Å². The quantitative estimate of drug-likeness (QED) is 0.694. The van der Waals surface area contributed by atoms with Crippen LogP contribution < -0.4 is 10.1 Å². The van der Waals surface area contributed by atoms with E-state index in [4.69, 9.17) is 0 Å².